The first-order valence-corrected chi connectivity index (χ1v) is 21.4. The zero-order valence-corrected chi connectivity index (χ0v) is 35.4. The summed E-state index contributed by atoms with van der Waals surface area (Å²) in [5.41, 5.74) is 0.189. The number of rotatable bonds is 12. The number of carbonyl (C=O) groups excluding carboxylic acids is 3. The summed E-state index contributed by atoms with van der Waals surface area (Å²) in [6.45, 7) is 24.3. The quantitative estimate of drug-likeness (QED) is 0.173. The molecule has 0 saturated heterocycles. The van der Waals surface area contributed by atoms with Crippen LogP contribution in [0.15, 0.2) is 11.1 Å². The number of carbonyl (C=O) groups is 4. The number of carboxylic acid groups (broad SMARTS) is 1. The largest absolute Gasteiger partial charge is 0.481 e. The standard InChI is InChI=1S/C45H72N2O7/c1-26(2)37-30(48)22-45(33(49)24-47(27(3)4)25-35(50)46-28-12-13-28)21-20-43(10)29(38(37)45)14-15-32-42(9)18-17-34(54-36(51)23-40(5,6)39(52)53)41(7,8)31(42)16-19-44(32,43)11/h26-29,31-34,49H,12-25H2,1-11H3,(H,46,50)(H,52,53)/t29-,31+,32-,33+,34+,42+,43-,44-,45+/m1/s1. The summed E-state index contributed by atoms with van der Waals surface area (Å²) in [6, 6.07) is 0.367. The Morgan fingerprint density at radius 2 is 1.56 bits per heavy atom. The Kier molecular flexibility index (Phi) is 10.7. The molecule has 0 aromatic rings. The van der Waals surface area contributed by atoms with E-state index in [1.807, 2.05) is 0 Å². The Labute approximate surface area is 325 Å². The van der Waals surface area contributed by atoms with Crippen LogP contribution in [0.25, 0.3) is 0 Å². The lowest BCUT2D eigenvalue weighted by Gasteiger charge is -2.72. The molecule has 5 fully saturated rings. The number of aliphatic carboxylic acids is 1. The second-order valence-corrected chi connectivity index (χ2v) is 21.4. The molecule has 0 heterocycles. The van der Waals surface area contributed by atoms with Gasteiger partial charge in [-0.3, -0.25) is 24.1 Å². The van der Waals surface area contributed by atoms with E-state index in [9.17, 15) is 29.4 Å². The first-order chi connectivity index (χ1) is 24.9. The number of hydrogen-bond acceptors (Lipinski definition) is 7. The van der Waals surface area contributed by atoms with E-state index in [2.05, 4.69) is 72.5 Å². The highest BCUT2D eigenvalue weighted by Gasteiger charge is 2.71. The minimum absolute atomic E-state index is 0.0149. The normalized spacial score (nSPS) is 38.1. The second-order valence-electron chi connectivity index (χ2n) is 21.4. The van der Waals surface area contributed by atoms with E-state index < -0.39 is 28.9 Å². The molecule has 54 heavy (non-hydrogen) atoms. The minimum atomic E-state index is -1.17. The van der Waals surface area contributed by atoms with Gasteiger partial charge in [-0.05, 0) is 137 Å². The smallest absolute Gasteiger partial charge is 0.309 e. The molecule has 0 aromatic heterocycles. The molecule has 3 N–H and O–H groups in total. The number of ketones is 1. The summed E-state index contributed by atoms with van der Waals surface area (Å²) >= 11 is 0. The van der Waals surface area contributed by atoms with Gasteiger partial charge >= 0.3 is 11.9 Å². The van der Waals surface area contributed by atoms with Gasteiger partial charge in [0.2, 0.25) is 5.91 Å². The summed E-state index contributed by atoms with van der Waals surface area (Å²) in [7, 11) is 0. The SMILES string of the molecule is CC(C)C1=C2[C@H]3CC[C@@H]4[C@@]5(C)CC[C@H](OC(=O)CC(C)(C)C(=O)O)C(C)(C)[C@@H]5CC[C@@]4(C)[C@]3(C)CC[C@@]2([C@@H](O)CN(CC(=O)NC2CC2)C(C)C)CC1=O. The topological polar surface area (TPSA) is 133 Å². The summed E-state index contributed by atoms with van der Waals surface area (Å²) < 4.78 is 6.17. The third-order valence-corrected chi connectivity index (χ3v) is 16.9. The summed E-state index contributed by atoms with van der Waals surface area (Å²) in [5.74, 6) is -0.104. The second kappa shape index (κ2) is 14.0. The van der Waals surface area contributed by atoms with Crippen molar-refractivity contribution in [3.63, 3.8) is 0 Å². The number of nitrogens with zero attached hydrogens (tertiary/aromatic N) is 1. The number of carboxylic acids is 1. The van der Waals surface area contributed by atoms with E-state index in [1.54, 1.807) is 13.8 Å². The predicted molar refractivity (Wildman–Crippen MR) is 209 cm³/mol. The Morgan fingerprint density at radius 3 is 2.15 bits per heavy atom. The summed E-state index contributed by atoms with van der Waals surface area (Å²) in [4.78, 5) is 54.1. The molecule has 0 aliphatic heterocycles. The van der Waals surface area contributed by atoms with Crippen molar-refractivity contribution < 1.29 is 34.1 Å². The van der Waals surface area contributed by atoms with Crippen molar-refractivity contribution in [3.8, 4) is 0 Å². The van der Waals surface area contributed by atoms with Crippen LogP contribution in [0.5, 0.6) is 0 Å². The fourth-order valence-electron chi connectivity index (χ4n) is 13.5. The average molecular weight is 753 g/mol. The van der Waals surface area contributed by atoms with Gasteiger partial charge in [-0.2, -0.15) is 0 Å². The van der Waals surface area contributed by atoms with Gasteiger partial charge in [0.1, 0.15) is 6.10 Å². The number of nitrogens with one attached hydrogen (secondary N) is 1. The monoisotopic (exact) mass is 753 g/mol. The molecule has 6 rings (SSSR count). The Hall–Kier alpha value is -2.26. The molecule has 6 aliphatic carbocycles. The summed E-state index contributed by atoms with van der Waals surface area (Å²) in [5, 5.41) is 25.2. The van der Waals surface area contributed by atoms with E-state index in [1.165, 1.54) is 5.57 Å². The number of allylic oxidation sites excluding steroid dienone is 1. The predicted octanol–water partition coefficient (Wildman–Crippen LogP) is 7.73. The van der Waals surface area contributed by atoms with Crippen LogP contribution in [0.1, 0.15) is 153 Å². The highest BCUT2D eigenvalue weighted by Crippen LogP contribution is 2.77. The Morgan fingerprint density at radius 1 is 0.889 bits per heavy atom. The summed E-state index contributed by atoms with van der Waals surface area (Å²) in [6.07, 6.45) is 8.90. The minimum Gasteiger partial charge on any atom is -0.481 e. The maximum Gasteiger partial charge on any atom is 0.309 e. The van der Waals surface area contributed by atoms with Gasteiger partial charge < -0.3 is 20.3 Å². The van der Waals surface area contributed by atoms with Crippen LogP contribution in [0.4, 0.5) is 0 Å². The number of aliphatic hydroxyl groups excluding tert-OH is 1. The number of ether oxygens (including phenoxy) is 1. The van der Waals surface area contributed by atoms with Gasteiger partial charge in [0, 0.05) is 35.9 Å². The van der Waals surface area contributed by atoms with Crippen molar-refractivity contribution in [2.75, 3.05) is 13.1 Å². The number of fused-ring (bicyclic) bond motifs is 7. The van der Waals surface area contributed by atoms with Gasteiger partial charge in [-0.1, -0.05) is 54.0 Å². The molecule has 0 bridgehead atoms. The number of aliphatic hydroxyl groups is 1. The van der Waals surface area contributed by atoms with Crippen molar-refractivity contribution >= 4 is 23.6 Å². The van der Waals surface area contributed by atoms with Gasteiger partial charge in [-0.25, -0.2) is 0 Å². The van der Waals surface area contributed by atoms with E-state index in [4.69, 9.17) is 4.74 Å². The van der Waals surface area contributed by atoms with Crippen LogP contribution < -0.4 is 5.32 Å². The van der Waals surface area contributed by atoms with Gasteiger partial charge in [0.05, 0.1) is 24.5 Å². The fraction of sp³-hybridized carbons (Fsp3) is 0.867. The molecule has 9 nitrogen and oxygen atoms in total. The van der Waals surface area contributed by atoms with E-state index >= 15 is 0 Å². The van der Waals surface area contributed by atoms with Crippen molar-refractivity contribution in [1.29, 1.82) is 0 Å². The lowest BCUT2D eigenvalue weighted by Crippen LogP contribution is -2.66. The van der Waals surface area contributed by atoms with Crippen LogP contribution in [0.3, 0.4) is 0 Å². The highest BCUT2D eigenvalue weighted by molar-refractivity contribution is 6.00. The molecule has 9 heteroatoms. The van der Waals surface area contributed by atoms with Crippen LogP contribution in [0.2, 0.25) is 0 Å². The van der Waals surface area contributed by atoms with E-state index in [0.717, 1.165) is 69.8 Å². The third-order valence-electron chi connectivity index (χ3n) is 16.9. The molecule has 304 valence electrons. The molecule has 0 radical (unpaired) electrons. The first kappa shape index (κ1) is 41.4. The average Bonchev–Trinajstić information content (AvgIpc) is 3.80. The van der Waals surface area contributed by atoms with Gasteiger partial charge in [0.25, 0.3) is 0 Å². The van der Waals surface area contributed by atoms with Crippen LogP contribution in [-0.2, 0) is 23.9 Å². The van der Waals surface area contributed by atoms with Crippen LogP contribution in [-0.4, -0.2) is 76.1 Å². The van der Waals surface area contributed by atoms with E-state index in [-0.39, 0.29) is 76.3 Å². The third kappa shape index (κ3) is 6.61. The Balaban J connectivity index is 1.27. The molecule has 9 atom stereocenters. The van der Waals surface area contributed by atoms with Crippen molar-refractivity contribution in [1.82, 2.24) is 10.2 Å². The van der Waals surface area contributed by atoms with E-state index in [0.29, 0.717) is 24.8 Å². The van der Waals surface area contributed by atoms with Gasteiger partial charge in [-0.15, -0.1) is 0 Å². The van der Waals surface area contributed by atoms with Crippen LogP contribution >= 0.6 is 0 Å². The molecular weight excluding hydrogens is 681 g/mol. The molecule has 0 aromatic carbocycles. The lowest BCUT2D eigenvalue weighted by atomic mass is 9.33. The fourth-order valence-corrected chi connectivity index (χ4v) is 13.5. The molecule has 0 spiro atoms. The molecule has 6 aliphatic rings. The van der Waals surface area contributed by atoms with Crippen LogP contribution in [0, 0.1) is 56.2 Å². The maximum atomic E-state index is 14.2. The maximum absolute atomic E-state index is 14.2. The van der Waals surface area contributed by atoms with Crippen molar-refractivity contribution in [2.24, 2.45) is 56.2 Å². The molecule has 1 amide bonds. The number of amides is 1. The number of esters is 1. The molecule has 0 unspecified atom stereocenters. The number of Topliss-reactive ketones (excluding diaryl/α,β-unsaturated/α-hetero) is 1. The van der Waals surface area contributed by atoms with Crippen molar-refractivity contribution in [2.45, 2.75) is 178 Å². The lowest BCUT2D eigenvalue weighted by molar-refractivity contribution is -0.235. The molecular formula is C45H72N2O7. The zero-order valence-electron chi connectivity index (χ0n) is 35.4. The first-order valence-electron chi connectivity index (χ1n) is 21.4. The molecule has 5 saturated carbocycles. The zero-order chi connectivity index (χ0) is 40.0. The highest BCUT2D eigenvalue weighted by atomic mass is 16.5. The van der Waals surface area contributed by atoms with Crippen molar-refractivity contribution in [3.05, 3.63) is 11.1 Å². The Bertz CT molecular complexity index is 1560. The number of hydrogen-bond donors (Lipinski definition) is 3. The van der Waals surface area contributed by atoms with Gasteiger partial charge in [0.15, 0.2) is 5.78 Å².